The number of benzene rings is 1. The number of sulfonamides is 1. The van der Waals surface area contributed by atoms with Gasteiger partial charge in [0.05, 0.1) is 7.11 Å². The van der Waals surface area contributed by atoms with Crippen LogP contribution in [0.25, 0.3) is 0 Å². The predicted octanol–water partition coefficient (Wildman–Crippen LogP) is 0.990. The molecule has 0 spiro atoms. The summed E-state index contributed by atoms with van der Waals surface area (Å²) in [6.07, 6.45) is 1.50. The van der Waals surface area contributed by atoms with Gasteiger partial charge in [0.25, 0.3) is 5.91 Å². The first-order chi connectivity index (χ1) is 9.91. The van der Waals surface area contributed by atoms with Gasteiger partial charge in [-0.3, -0.25) is 9.78 Å². The molecule has 21 heavy (non-hydrogen) atoms. The van der Waals surface area contributed by atoms with Crippen molar-refractivity contribution in [1.29, 1.82) is 0 Å². The predicted molar refractivity (Wildman–Crippen MR) is 76.6 cm³/mol. The number of hydrogen-bond donors (Lipinski definition) is 2. The first-order valence-corrected chi connectivity index (χ1v) is 7.39. The van der Waals surface area contributed by atoms with Crippen molar-refractivity contribution in [2.24, 2.45) is 5.14 Å². The molecule has 0 fully saturated rings. The Morgan fingerprint density at radius 1 is 1.29 bits per heavy atom. The third kappa shape index (κ3) is 3.56. The average Bonchev–Trinajstić information content (AvgIpc) is 2.46. The molecule has 0 aliphatic rings. The summed E-state index contributed by atoms with van der Waals surface area (Å²) in [5.41, 5.74) is 0.613. The Bertz CT molecular complexity index is 760. The number of carbonyl (C=O) groups is 1. The third-order valence-corrected chi connectivity index (χ3v) is 3.58. The Hall–Kier alpha value is -2.45. The number of pyridine rings is 1. The second-order valence-corrected chi connectivity index (χ2v) is 5.61. The van der Waals surface area contributed by atoms with E-state index in [-0.39, 0.29) is 16.3 Å². The number of aromatic nitrogens is 1. The van der Waals surface area contributed by atoms with Crippen LogP contribution in [0.4, 0.5) is 5.69 Å². The number of nitrogens with zero attached hydrogens (tertiary/aromatic N) is 1. The maximum atomic E-state index is 11.9. The summed E-state index contributed by atoms with van der Waals surface area (Å²) >= 11 is 0. The van der Waals surface area contributed by atoms with E-state index in [0.717, 1.165) is 0 Å². The standard InChI is InChI=1S/C13H13N3O4S/c1-20-11-8-9(5-6-12(11)21(14,18)19)16-13(17)10-4-2-3-7-15-10/h2-8H,1H3,(H,16,17)(H2,14,18,19). The highest BCUT2D eigenvalue weighted by atomic mass is 32.2. The Balaban J connectivity index is 2.28. The molecule has 0 saturated heterocycles. The summed E-state index contributed by atoms with van der Waals surface area (Å²) in [5.74, 6) is -0.364. The van der Waals surface area contributed by atoms with Crippen molar-refractivity contribution in [3.05, 3.63) is 48.3 Å². The molecule has 1 amide bonds. The fourth-order valence-electron chi connectivity index (χ4n) is 1.67. The zero-order chi connectivity index (χ0) is 15.5. The van der Waals surface area contributed by atoms with E-state index in [4.69, 9.17) is 9.88 Å². The highest BCUT2D eigenvalue weighted by Gasteiger charge is 2.16. The minimum atomic E-state index is -3.89. The van der Waals surface area contributed by atoms with Crippen LogP contribution in [-0.4, -0.2) is 26.4 Å². The molecule has 1 heterocycles. The smallest absolute Gasteiger partial charge is 0.274 e. The molecule has 1 aromatic carbocycles. The fourth-order valence-corrected chi connectivity index (χ4v) is 2.35. The van der Waals surface area contributed by atoms with Crippen molar-refractivity contribution >= 4 is 21.6 Å². The second-order valence-electron chi connectivity index (χ2n) is 4.08. The van der Waals surface area contributed by atoms with Crippen LogP contribution in [0.2, 0.25) is 0 Å². The summed E-state index contributed by atoms with van der Waals surface area (Å²) in [4.78, 5) is 15.7. The molecule has 0 unspecified atom stereocenters. The Morgan fingerprint density at radius 2 is 2.05 bits per heavy atom. The largest absolute Gasteiger partial charge is 0.495 e. The van der Waals surface area contributed by atoms with Gasteiger partial charge >= 0.3 is 0 Å². The number of ether oxygens (including phenoxy) is 1. The van der Waals surface area contributed by atoms with Gasteiger partial charge in [-0.2, -0.15) is 0 Å². The Morgan fingerprint density at radius 3 is 2.62 bits per heavy atom. The first-order valence-electron chi connectivity index (χ1n) is 5.85. The minimum Gasteiger partial charge on any atom is -0.495 e. The van der Waals surface area contributed by atoms with Crippen molar-refractivity contribution in [2.75, 3.05) is 12.4 Å². The Kier molecular flexibility index (Phi) is 4.20. The lowest BCUT2D eigenvalue weighted by molar-refractivity contribution is 0.102. The van der Waals surface area contributed by atoms with E-state index >= 15 is 0 Å². The number of methoxy groups -OCH3 is 1. The fraction of sp³-hybridized carbons (Fsp3) is 0.0769. The molecule has 0 atom stereocenters. The van der Waals surface area contributed by atoms with Crippen LogP contribution in [0.5, 0.6) is 5.75 Å². The van der Waals surface area contributed by atoms with Gasteiger partial charge in [0.1, 0.15) is 16.3 Å². The maximum Gasteiger partial charge on any atom is 0.274 e. The van der Waals surface area contributed by atoms with Crippen molar-refractivity contribution in [2.45, 2.75) is 4.90 Å². The first kappa shape index (κ1) is 14.9. The number of amides is 1. The SMILES string of the molecule is COc1cc(NC(=O)c2ccccn2)ccc1S(N)(=O)=O. The molecule has 110 valence electrons. The van der Waals surface area contributed by atoms with Gasteiger partial charge in [-0.1, -0.05) is 6.07 Å². The zero-order valence-electron chi connectivity index (χ0n) is 11.1. The monoisotopic (exact) mass is 307 g/mol. The van der Waals surface area contributed by atoms with Gasteiger partial charge < -0.3 is 10.1 Å². The quantitative estimate of drug-likeness (QED) is 0.875. The summed E-state index contributed by atoms with van der Waals surface area (Å²) in [5, 5.41) is 7.66. The van der Waals surface area contributed by atoms with E-state index < -0.39 is 15.9 Å². The van der Waals surface area contributed by atoms with Crippen LogP contribution in [0.1, 0.15) is 10.5 Å². The van der Waals surface area contributed by atoms with Crippen molar-refractivity contribution < 1.29 is 17.9 Å². The lowest BCUT2D eigenvalue weighted by Gasteiger charge is -2.10. The van der Waals surface area contributed by atoms with Gasteiger partial charge in [0.15, 0.2) is 0 Å². The molecule has 1 aromatic heterocycles. The molecular weight excluding hydrogens is 294 g/mol. The molecule has 8 heteroatoms. The molecule has 0 aliphatic heterocycles. The van der Waals surface area contributed by atoms with Gasteiger partial charge in [0, 0.05) is 18.0 Å². The molecule has 7 nitrogen and oxygen atoms in total. The van der Waals surface area contributed by atoms with E-state index in [1.165, 1.54) is 31.5 Å². The zero-order valence-corrected chi connectivity index (χ0v) is 11.9. The summed E-state index contributed by atoms with van der Waals surface area (Å²) in [6.45, 7) is 0. The lowest BCUT2D eigenvalue weighted by atomic mass is 10.2. The molecule has 3 N–H and O–H groups in total. The maximum absolute atomic E-state index is 11.9. The summed E-state index contributed by atoms with van der Waals surface area (Å²) in [6, 6.07) is 9.00. The molecule has 0 radical (unpaired) electrons. The van der Waals surface area contributed by atoms with E-state index in [9.17, 15) is 13.2 Å². The van der Waals surface area contributed by atoms with Crippen molar-refractivity contribution in [3.63, 3.8) is 0 Å². The number of anilines is 1. The van der Waals surface area contributed by atoms with E-state index in [0.29, 0.717) is 5.69 Å². The third-order valence-electron chi connectivity index (χ3n) is 2.63. The highest BCUT2D eigenvalue weighted by molar-refractivity contribution is 7.89. The van der Waals surface area contributed by atoms with Crippen LogP contribution < -0.4 is 15.2 Å². The van der Waals surface area contributed by atoms with Crippen LogP contribution in [0, 0.1) is 0 Å². The van der Waals surface area contributed by atoms with E-state index in [1.807, 2.05) is 0 Å². The molecule has 0 bridgehead atoms. The molecule has 2 rings (SSSR count). The Labute approximate surface area is 121 Å². The number of nitrogens with two attached hydrogens (primary N) is 1. The van der Waals surface area contributed by atoms with Gasteiger partial charge in [-0.25, -0.2) is 13.6 Å². The topological polar surface area (TPSA) is 111 Å². The normalized spacial score (nSPS) is 11.0. The number of rotatable bonds is 4. The number of carbonyl (C=O) groups excluding carboxylic acids is 1. The molecule has 0 saturated carbocycles. The molecule has 2 aromatic rings. The van der Waals surface area contributed by atoms with Gasteiger partial charge in [0.2, 0.25) is 10.0 Å². The summed E-state index contributed by atoms with van der Waals surface area (Å²) < 4.78 is 27.7. The summed E-state index contributed by atoms with van der Waals surface area (Å²) in [7, 11) is -2.58. The van der Waals surface area contributed by atoms with Crippen LogP contribution in [0.15, 0.2) is 47.5 Å². The number of primary sulfonamides is 1. The van der Waals surface area contributed by atoms with Crippen molar-refractivity contribution in [3.8, 4) is 5.75 Å². The van der Waals surface area contributed by atoms with Crippen LogP contribution in [0.3, 0.4) is 0 Å². The van der Waals surface area contributed by atoms with Gasteiger partial charge in [-0.05, 0) is 24.3 Å². The molecular formula is C13H13N3O4S. The highest BCUT2D eigenvalue weighted by Crippen LogP contribution is 2.26. The second kappa shape index (κ2) is 5.90. The average molecular weight is 307 g/mol. The van der Waals surface area contributed by atoms with Crippen LogP contribution >= 0.6 is 0 Å². The number of hydrogen-bond acceptors (Lipinski definition) is 5. The van der Waals surface area contributed by atoms with Gasteiger partial charge in [-0.15, -0.1) is 0 Å². The van der Waals surface area contributed by atoms with Crippen LogP contribution in [-0.2, 0) is 10.0 Å². The van der Waals surface area contributed by atoms with Crippen molar-refractivity contribution in [1.82, 2.24) is 4.98 Å². The number of nitrogens with one attached hydrogen (secondary N) is 1. The minimum absolute atomic E-state index is 0.0521. The van der Waals surface area contributed by atoms with E-state index in [2.05, 4.69) is 10.3 Å². The molecule has 0 aliphatic carbocycles. The lowest BCUT2D eigenvalue weighted by Crippen LogP contribution is -2.15. The van der Waals surface area contributed by atoms with E-state index in [1.54, 1.807) is 18.2 Å².